The highest BCUT2D eigenvalue weighted by molar-refractivity contribution is 7.92. The lowest BCUT2D eigenvalue weighted by molar-refractivity contribution is 0.0697. The van der Waals surface area contributed by atoms with E-state index in [9.17, 15) is 26.8 Å². The third-order valence-corrected chi connectivity index (χ3v) is 9.93. The molecule has 1 aliphatic rings. The van der Waals surface area contributed by atoms with E-state index in [1.807, 2.05) is 6.92 Å². The molecule has 46 heavy (non-hydrogen) atoms. The molecule has 6 rings (SSSR count). The van der Waals surface area contributed by atoms with Gasteiger partial charge >= 0.3 is 0 Å². The van der Waals surface area contributed by atoms with E-state index in [2.05, 4.69) is 10.0 Å². The summed E-state index contributed by atoms with van der Waals surface area (Å²) in [6.45, 7) is 4.66. The Bertz CT molecular complexity index is 2090. The van der Waals surface area contributed by atoms with Crippen LogP contribution in [0.5, 0.6) is 0 Å². The van der Waals surface area contributed by atoms with E-state index in [-0.39, 0.29) is 41.0 Å². The van der Waals surface area contributed by atoms with Gasteiger partial charge in [-0.05, 0) is 80.8 Å². The number of anilines is 1. The second-order valence-electron chi connectivity index (χ2n) is 11.4. The molecule has 9 nitrogen and oxygen atoms in total. The van der Waals surface area contributed by atoms with Gasteiger partial charge in [0.05, 0.1) is 22.5 Å². The Morgan fingerprint density at radius 1 is 1.02 bits per heavy atom. The Balaban J connectivity index is 1.45. The highest BCUT2D eigenvalue weighted by Crippen LogP contribution is 2.41. The van der Waals surface area contributed by atoms with E-state index in [1.54, 1.807) is 39.8 Å². The van der Waals surface area contributed by atoms with Crippen molar-refractivity contribution in [2.45, 2.75) is 39.2 Å². The molecule has 12 heteroatoms. The van der Waals surface area contributed by atoms with Gasteiger partial charge in [-0.15, -0.1) is 0 Å². The predicted molar refractivity (Wildman–Crippen MR) is 174 cm³/mol. The number of carbonyl (C=O) groups is 2. The van der Waals surface area contributed by atoms with Gasteiger partial charge in [-0.3, -0.25) is 14.3 Å². The smallest absolute Gasteiger partial charge is 0.270 e. The third-order valence-electron chi connectivity index (χ3n) is 8.64. The van der Waals surface area contributed by atoms with Crippen LogP contribution in [0.2, 0.25) is 0 Å². The molecule has 0 spiro atoms. The van der Waals surface area contributed by atoms with Gasteiger partial charge in [0.1, 0.15) is 28.7 Å². The second-order valence-corrected chi connectivity index (χ2v) is 13.4. The highest BCUT2D eigenvalue weighted by atomic mass is 32.2. The number of furan rings is 1. The van der Waals surface area contributed by atoms with Gasteiger partial charge in [0.15, 0.2) is 0 Å². The summed E-state index contributed by atoms with van der Waals surface area (Å²) in [6.07, 6.45) is 1.29. The minimum Gasteiger partial charge on any atom is -0.455 e. The quantitative estimate of drug-likeness (QED) is 0.200. The lowest BCUT2D eigenvalue weighted by Crippen LogP contribution is -2.40. The van der Waals surface area contributed by atoms with Crippen molar-refractivity contribution in [3.8, 4) is 11.3 Å². The topological polar surface area (TPSA) is 114 Å². The molecule has 3 heterocycles. The number of amides is 2. The fourth-order valence-corrected chi connectivity index (χ4v) is 6.98. The number of hydrogen-bond acceptors (Lipinski definition) is 5. The average molecular weight is 649 g/mol. The van der Waals surface area contributed by atoms with Crippen molar-refractivity contribution < 1.29 is 31.2 Å². The molecule has 1 saturated heterocycles. The number of benzene rings is 3. The Labute approximate surface area is 265 Å². The molecule has 1 fully saturated rings. The van der Waals surface area contributed by atoms with Crippen LogP contribution in [0.4, 0.5) is 14.5 Å². The Morgan fingerprint density at radius 3 is 2.48 bits per heavy atom. The minimum absolute atomic E-state index is 0.166. The molecule has 0 unspecified atom stereocenters. The summed E-state index contributed by atoms with van der Waals surface area (Å²) in [7, 11) is -2.22. The molecule has 0 saturated carbocycles. The van der Waals surface area contributed by atoms with Crippen molar-refractivity contribution in [3.63, 3.8) is 0 Å². The monoisotopic (exact) mass is 648 g/mol. The summed E-state index contributed by atoms with van der Waals surface area (Å²) >= 11 is 0. The Kier molecular flexibility index (Phi) is 8.32. The highest BCUT2D eigenvalue weighted by Gasteiger charge is 2.32. The maximum absolute atomic E-state index is 14.6. The van der Waals surface area contributed by atoms with Crippen molar-refractivity contribution in [2.24, 2.45) is 0 Å². The molecular formula is C34H34F2N4O5S. The first-order valence-corrected chi connectivity index (χ1v) is 16.9. The van der Waals surface area contributed by atoms with Crippen LogP contribution in [0.3, 0.4) is 0 Å². The summed E-state index contributed by atoms with van der Waals surface area (Å²) in [4.78, 5) is 28.9. The predicted octanol–water partition coefficient (Wildman–Crippen LogP) is 6.49. The number of aromatic nitrogens is 1. The molecule has 1 aliphatic heterocycles. The fraction of sp³-hybridized carbons (Fsp3) is 0.294. The minimum atomic E-state index is -3.72. The summed E-state index contributed by atoms with van der Waals surface area (Å²) in [5, 5.41) is 3.47. The lowest BCUT2D eigenvalue weighted by Gasteiger charge is -2.34. The molecule has 2 amide bonds. The first-order chi connectivity index (χ1) is 22.0. The van der Waals surface area contributed by atoms with E-state index in [1.165, 1.54) is 44.3 Å². The van der Waals surface area contributed by atoms with Crippen molar-refractivity contribution in [1.82, 2.24) is 14.8 Å². The number of likely N-dealkylation sites (tertiary alicyclic amines) is 1. The van der Waals surface area contributed by atoms with Gasteiger partial charge < -0.3 is 19.2 Å². The van der Waals surface area contributed by atoms with Crippen LogP contribution in [0.15, 0.2) is 65.1 Å². The normalized spacial score (nSPS) is 15.4. The Morgan fingerprint density at radius 2 is 1.78 bits per heavy atom. The van der Waals surface area contributed by atoms with Crippen LogP contribution in [-0.2, 0) is 16.6 Å². The van der Waals surface area contributed by atoms with Gasteiger partial charge in [-0.2, -0.15) is 0 Å². The number of fused-ring (bicyclic) bond motifs is 2. The van der Waals surface area contributed by atoms with E-state index < -0.39 is 27.6 Å². The molecule has 5 aromatic rings. The zero-order valence-corrected chi connectivity index (χ0v) is 26.5. The molecular weight excluding hydrogens is 614 g/mol. The zero-order valence-electron chi connectivity index (χ0n) is 25.7. The maximum Gasteiger partial charge on any atom is 0.270 e. The van der Waals surface area contributed by atoms with E-state index >= 15 is 0 Å². The van der Waals surface area contributed by atoms with Crippen molar-refractivity contribution >= 4 is 49.4 Å². The number of nitrogens with one attached hydrogen (secondary N) is 2. The number of aryl methyl sites for hydroxylation is 1. The van der Waals surface area contributed by atoms with Crippen LogP contribution in [0.1, 0.15) is 59.0 Å². The zero-order chi connectivity index (χ0) is 32.7. The lowest BCUT2D eigenvalue weighted by atomic mass is 9.88. The summed E-state index contributed by atoms with van der Waals surface area (Å²) in [5.41, 5.74) is 2.90. The van der Waals surface area contributed by atoms with Crippen LogP contribution in [0.25, 0.3) is 33.2 Å². The van der Waals surface area contributed by atoms with E-state index in [0.717, 1.165) is 0 Å². The number of sulfonamides is 1. The maximum atomic E-state index is 14.6. The van der Waals surface area contributed by atoms with Crippen LogP contribution < -0.4 is 10.0 Å². The number of hydrogen-bond donors (Lipinski definition) is 2. The van der Waals surface area contributed by atoms with Crippen molar-refractivity contribution in [2.75, 3.05) is 30.6 Å². The largest absolute Gasteiger partial charge is 0.455 e. The molecule has 0 radical (unpaired) electrons. The van der Waals surface area contributed by atoms with Crippen molar-refractivity contribution in [3.05, 3.63) is 89.1 Å². The summed E-state index contributed by atoms with van der Waals surface area (Å²) < 4.78 is 64.6. The fourth-order valence-electron chi connectivity index (χ4n) is 6.32. The molecule has 240 valence electrons. The first-order valence-electron chi connectivity index (χ1n) is 15.2. The molecule has 1 atom stereocenters. The molecule has 2 N–H and O–H groups in total. The van der Waals surface area contributed by atoms with Gasteiger partial charge in [-0.25, -0.2) is 17.2 Å². The summed E-state index contributed by atoms with van der Waals surface area (Å²) in [6, 6.07) is 15.2. The van der Waals surface area contributed by atoms with Gasteiger partial charge in [0.2, 0.25) is 10.0 Å². The first kappa shape index (κ1) is 31.3. The van der Waals surface area contributed by atoms with Gasteiger partial charge in [0, 0.05) is 55.0 Å². The Hall–Kier alpha value is -4.71. The SMILES string of the molecule is CCn1c(C(=O)N2CCC[C@H](c3cc4c(C(=O)NC)c(-c5ccc(F)cc5)oc4cc3NS(=O)(=O)CC)C2)cc2c(F)cccc21. The molecule has 2 aromatic heterocycles. The second kappa shape index (κ2) is 12.2. The van der Waals surface area contributed by atoms with E-state index in [4.69, 9.17) is 4.42 Å². The van der Waals surface area contributed by atoms with Crippen LogP contribution in [-0.4, -0.2) is 55.6 Å². The molecule has 0 bridgehead atoms. The van der Waals surface area contributed by atoms with Crippen LogP contribution >= 0.6 is 0 Å². The molecule has 0 aliphatic carbocycles. The number of rotatable bonds is 8. The average Bonchev–Trinajstić information content (AvgIpc) is 3.63. The number of piperidine rings is 1. The summed E-state index contributed by atoms with van der Waals surface area (Å²) in [5.74, 6) is -1.76. The van der Waals surface area contributed by atoms with Crippen molar-refractivity contribution in [1.29, 1.82) is 0 Å². The number of halogens is 2. The van der Waals surface area contributed by atoms with Gasteiger partial charge in [-0.1, -0.05) is 6.07 Å². The third kappa shape index (κ3) is 5.61. The number of nitrogens with zero attached hydrogens (tertiary/aromatic N) is 2. The molecule has 3 aromatic carbocycles. The van der Waals surface area contributed by atoms with Crippen LogP contribution in [0, 0.1) is 11.6 Å². The van der Waals surface area contributed by atoms with Gasteiger partial charge in [0.25, 0.3) is 11.8 Å². The standard InChI is InChI=1S/C34H34F2N4O5S/c1-4-40-28-10-6-9-26(36)24(28)17-29(40)34(42)39-15-7-8-21(19-39)23-16-25-30(18-27(23)38-46(43,44)5-2)45-32(31(25)33(41)37-3)20-11-13-22(35)14-12-20/h6,9-14,16-18,21,38H,4-5,7-8,15,19H2,1-3H3,(H,37,41)/t21-/m0/s1. The van der Waals surface area contributed by atoms with E-state index in [0.29, 0.717) is 64.7 Å². The number of carbonyl (C=O) groups excluding carboxylic acids is 2.